The minimum Gasteiger partial charge on any atom is -0.480 e. The van der Waals surface area contributed by atoms with Crippen LogP contribution in [0.15, 0.2) is 0 Å². The van der Waals surface area contributed by atoms with Gasteiger partial charge >= 0.3 is 12.1 Å². The number of carboxylic acids is 1. The molecule has 2 bridgehead atoms. The normalized spacial score (nSPS) is 29.1. The van der Waals surface area contributed by atoms with E-state index in [1.165, 1.54) is 0 Å². The number of fused-ring (bicyclic) bond motifs is 2. The average Bonchev–Trinajstić information content (AvgIpc) is 2.32. The summed E-state index contributed by atoms with van der Waals surface area (Å²) in [4.78, 5) is 24.6. The van der Waals surface area contributed by atoms with Crippen molar-refractivity contribution in [3.05, 3.63) is 0 Å². The second kappa shape index (κ2) is 6.19. The Bertz CT molecular complexity index is 391. The fourth-order valence-electron chi connectivity index (χ4n) is 2.80. The SMILES string of the molecule is CC(C)(C)OC(=O)N1[C@@H]2COC[C@H]1CC(OCC(=O)O)C2. The maximum atomic E-state index is 12.3. The third-order valence-electron chi connectivity index (χ3n) is 3.52. The monoisotopic (exact) mass is 301 g/mol. The molecule has 7 nitrogen and oxygen atoms in total. The molecule has 1 N–H and O–H groups in total. The Kier molecular flexibility index (Phi) is 4.73. The van der Waals surface area contributed by atoms with Gasteiger partial charge in [-0.3, -0.25) is 4.90 Å². The maximum absolute atomic E-state index is 12.3. The molecule has 1 amide bonds. The predicted molar refractivity (Wildman–Crippen MR) is 73.1 cm³/mol. The van der Waals surface area contributed by atoms with E-state index in [0.29, 0.717) is 26.1 Å². The number of aliphatic carboxylic acids is 1. The number of carboxylic acid groups (broad SMARTS) is 1. The predicted octanol–water partition coefficient (Wildman–Crippen LogP) is 1.25. The lowest BCUT2D eigenvalue weighted by Gasteiger charge is -2.47. The molecule has 3 atom stereocenters. The van der Waals surface area contributed by atoms with E-state index in [4.69, 9.17) is 19.3 Å². The summed E-state index contributed by atoms with van der Waals surface area (Å²) in [5.74, 6) is -0.981. The van der Waals surface area contributed by atoms with Crippen LogP contribution >= 0.6 is 0 Å². The number of piperidine rings is 1. The third kappa shape index (κ3) is 4.31. The Balaban J connectivity index is 1.99. The van der Waals surface area contributed by atoms with E-state index in [9.17, 15) is 9.59 Å². The molecule has 0 saturated carbocycles. The number of hydrogen-bond acceptors (Lipinski definition) is 5. The molecule has 0 spiro atoms. The Labute approximate surface area is 124 Å². The Hall–Kier alpha value is -1.34. The summed E-state index contributed by atoms with van der Waals surface area (Å²) in [7, 11) is 0. The van der Waals surface area contributed by atoms with Crippen LogP contribution in [0, 0.1) is 0 Å². The second-order valence-electron chi connectivity index (χ2n) is 6.53. The number of rotatable bonds is 3. The molecule has 2 fully saturated rings. The van der Waals surface area contributed by atoms with Gasteiger partial charge in [0.05, 0.1) is 31.4 Å². The van der Waals surface area contributed by atoms with Crippen LogP contribution in [-0.4, -0.2) is 65.7 Å². The van der Waals surface area contributed by atoms with Gasteiger partial charge < -0.3 is 19.3 Å². The first-order valence-electron chi connectivity index (χ1n) is 7.18. The zero-order chi connectivity index (χ0) is 15.6. The molecule has 2 heterocycles. The highest BCUT2D eigenvalue weighted by molar-refractivity contribution is 5.69. The van der Waals surface area contributed by atoms with Crippen LogP contribution in [0.25, 0.3) is 0 Å². The lowest BCUT2D eigenvalue weighted by Crippen LogP contribution is -2.61. The van der Waals surface area contributed by atoms with Crippen molar-refractivity contribution >= 4 is 12.1 Å². The minimum absolute atomic E-state index is 0.119. The summed E-state index contributed by atoms with van der Waals surface area (Å²) in [5, 5.41) is 8.68. The van der Waals surface area contributed by atoms with Crippen LogP contribution < -0.4 is 0 Å². The highest BCUT2D eigenvalue weighted by Crippen LogP contribution is 2.30. The van der Waals surface area contributed by atoms with Crippen molar-refractivity contribution in [2.45, 2.75) is 57.4 Å². The Morgan fingerprint density at radius 2 is 1.81 bits per heavy atom. The number of hydrogen-bond donors (Lipinski definition) is 1. The van der Waals surface area contributed by atoms with Crippen molar-refractivity contribution < 1.29 is 28.9 Å². The van der Waals surface area contributed by atoms with E-state index < -0.39 is 11.6 Å². The number of amides is 1. The standard InChI is InChI=1S/C14H23NO6/c1-14(2,3)21-13(18)15-9-4-11(20-8-12(16)17)5-10(15)7-19-6-9/h9-11H,4-8H2,1-3H3,(H,16,17)/t9-,10+,11?. The number of ether oxygens (including phenoxy) is 3. The summed E-state index contributed by atoms with van der Waals surface area (Å²) in [6.45, 7) is 6.06. The van der Waals surface area contributed by atoms with Crippen molar-refractivity contribution in [2.24, 2.45) is 0 Å². The van der Waals surface area contributed by atoms with Gasteiger partial charge in [0.15, 0.2) is 0 Å². The van der Waals surface area contributed by atoms with E-state index in [-0.39, 0.29) is 30.9 Å². The quantitative estimate of drug-likeness (QED) is 0.844. The molecule has 120 valence electrons. The van der Waals surface area contributed by atoms with Gasteiger partial charge in [0.2, 0.25) is 0 Å². The number of carbonyl (C=O) groups excluding carboxylic acids is 1. The van der Waals surface area contributed by atoms with Crippen LogP contribution in [-0.2, 0) is 19.0 Å². The van der Waals surface area contributed by atoms with Crippen LogP contribution in [0.3, 0.4) is 0 Å². The van der Waals surface area contributed by atoms with Gasteiger partial charge in [-0.25, -0.2) is 9.59 Å². The first-order valence-corrected chi connectivity index (χ1v) is 7.18. The van der Waals surface area contributed by atoms with Crippen molar-refractivity contribution in [1.82, 2.24) is 4.90 Å². The van der Waals surface area contributed by atoms with Gasteiger partial charge in [-0.05, 0) is 33.6 Å². The average molecular weight is 301 g/mol. The molecule has 1 unspecified atom stereocenters. The van der Waals surface area contributed by atoms with E-state index in [0.717, 1.165) is 0 Å². The molecule has 2 aliphatic rings. The molecular formula is C14H23NO6. The molecule has 0 radical (unpaired) electrons. The molecule has 0 aromatic heterocycles. The zero-order valence-electron chi connectivity index (χ0n) is 12.7. The smallest absolute Gasteiger partial charge is 0.410 e. The fourth-order valence-corrected chi connectivity index (χ4v) is 2.80. The van der Waals surface area contributed by atoms with Crippen LogP contribution in [0.1, 0.15) is 33.6 Å². The molecule has 0 aromatic rings. The molecule has 2 saturated heterocycles. The van der Waals surface area contributed by atoms with E-state index in [1.807, 2.05) is 20.8 Å². The summed E-state index contributed by atoms with van der Waals surface area (Å²) in [6.07, 6.45) is 0.655. The van der Waals surface area contributed by atoms with Gasteiger partial charge in [-0.1, -0.05) is 0 Å². The number of carbonyl (C=O) groups is 2. The van der Waals surface area contributed by atoms with Gasteiger partial charge in [0.25, 0.3) is 0 Å². The van der Waals surface area contributed by atoms with Crippen LogP contribution in [0.5, 0.6) is 0 Å². The van der Waals surface area contributed by atoms with E-state index >= 15 is 0 Å². The van der Waals surface area contributed by atoms with Crippen molar-refractivity contribution in [3.8, 4) is 0 Å². The Morgan fingerprint density at radius 3 is 2.29 bits per heavy atom. The molecular weight excluding hydrogens is 278 g/mol. The van der Waals surface area contributed by atoms with Gasteiger partial charge in [-0.15, -0.1) is 0 Å². The van der Waals surface area contributed by atoms with Crippen molar-refractivity contribution in [1.29, 1.82) is 0 Å². The van der Waals surface area contributed by atoms with Gasteiger partial charge in [0, 0.05) is 0 Å². The van der Waals surface area contributed by atoms with Gasteiger partial charge in [-0.2, -0.15) is 0 Å². The van der Waals surface area contributed by atoms with Crippen molar-refractivity contribution in [2.75, 3.05) is 19.8 Å². The summed E-state index contributed by atoms with van der Waals surface area (Å²) in [5.41, 5.74) is -0.539. The fraction of sp³-hybridized carbons (Fsp3) is 0.857. The highest BCUT2D eigenvalue weighted by atomic mass is 16.6. The first-order chi connectivity index (χ1) is 9.76. The van der Waals surface area contributed by atoms with E-state index in [1.54, 1.807) is 4.90 Å². The summed E-state index contributed by atoms with van der Waals surface area (Å²) < 4.78 is 16.3. The lowest BCUT2D eigenvalue weighted by atomic mass is 9.92. The summed E-state index contributed by atoms with van der Waals surface area (Å²) >= 11 is 0. The molecule has 7 heteroatoms. The van der Waals surface area contributed by atoms with Crippen LogP contribution in [0.2, 0.25) is 0 Å². The molecule has 0 aliphatic carbocycles. The molecule has 2 rings (SSSR count). The maximum Gasteiger partial charge on any atom is 0.410 e. The van der Waals surface area contributed by atoms with Gasteiger partial charge in [0.1, 0.15) is 12.2 Å². The second-order valence-corrected chi connectivity index (χ2v) is 6.53. The molecule has 2 aliphatic heterocycles. The molecule has 21 heavy (non-hydrogen) atoms. The zero-order valence-corrected chi connectivity index (χ0v) is 12.7. The number of morpholine rings is 1. The number of nitrogens with zero attached hydrogens (tertiary/aromatic N) is 1. The highest BCUT2D eigenvalue weighted by Gasteiger charge is 2.43. The molecule has 0 aromatic carbocycles. The van der Waals surface area contributed by atoms with Crippen LogP contribution in [0.4, 0.5) is 4.79 Å². The third-order valence-corrected chi connectivity index (χ3v) is 3.52. The van der Waals surface area contributed by atoms with Crippen molar-refractivity contribution in [3.63, 3.8) is 0 Å². The first kappa shape index (κ1) is 16.0. The van der Waals surface area contributed by atoms with E-state index in [2.05, 4.69) is 0 Å². The lowest BCUT2D eigenvalue weighted by molar-refractivity contribution is -0.151. The largest absolute Gasteiger partial charge is 0.480 e. The Morgan fingerprint density at radius 1 is 1.24 bits per heavy atom. The summed E-state index contributed by atoms with van der Waals surface area (Å²) in [6, 6.07) is -0.239. The topological polar surface area (TPSA) is 85.3 Å². The minimum atomic E-state index is -0.981.